The highest BCUT2D eigenvalue weighted by atomic mass is 35.5. The largest absolute Gasteiger partial charge is 0.379 e. The summed E-state index contributed by atoms with van der Waals surface area (Å²) in [4.78, 5) is 2.28. The summed E-state index contributed by atoms with van der Waals surface area (Å²) >= 11 is 0. The first-order chi connectivity index (χ1) is 6.84. The maximum Gasteiger partial charge on any atom is 0.123 e. The second-order valence-corrected chi connectivity index (χ2v) is 3.52. The van der Waals surface area contributed by atoms with Crippen LogP contribution in [0.2, 0.25) is 0 Å². The fraction of sp³-hybridized carbons (Fsp3) is 0.455. The van der Waals surface area contributed by atoms with Crippen LogP contribution < -0.4 is 0 Å². The number of rotatable bonds is 2. The van der Waals surface area contributed by atoms with Crippen LogP contribution in [0.3, 0.4) is 0 Å². The smallest absolute Gasteiger partial charge is 0.123 e. The molecule has 0 bridgehead atoms. The van der Waals surface area contributed by atoms with Gasteiger partial charge in [-0.25, -0.2) is 4.39 Å². The average molecular weight is 232 g/mol. The molecule has 1 saturated heterocycles. The van der Waals surface area contributed by atoms with Crippen LogP contribution in [0, 0.1) is 5.82 Å². The standard InChI is InChI=1S/C11H14FNO.ClH/c12-11-3-1-2-10(8-11)9-13-4-6-14-7-5-13;/h1-3,8H,4-7,9H2;1H. The molecule has 0 spiro atoms. The van der Waals surface area contributed by atoms with Gasteiger partial charge < -0.3 is 4.74 Å². The van der Waals surface area contributed by atoms with E-state index in [0.717, 1.165) is 38.4 Å². The normalized spacial score (nSPS) is 17.1. The van der Waals surface area contributed by atoms with E-state index in [1.54, 1.807) is 12.1 Å². The number of ether oxygens (including phenoxy) is 1. The molecule has 1 fully saturated rings. The van der Waals surface area contributed by atoms with Crippen LogP contribution in [0.5, 0.6) is 0 Å². The number of hydrogen-bond acceptors (Lipinski definition) is 2. The molecule has 1 aromatic carbocycles. The Kier molecular flexibility index (Phi) is 5.02. The monoisotopic (exact) mass is 231 g/mol. The number of nitrogens with zero attached hydrogens (tertiary/aromatic N) is 1. The maximum atomic E-state index is 12.9. The van der Waals surface area contributed by atoms with Gasteiger partial charge in [0.1, 0.15) is 5.82 Å². The van der Waals surface area contributed by atoms with Crippen molar-refractivity contribution in [2.24, 2.45) is 0 Å². The molecule has 4 heteroatoms. The molecule has 84 valence electrons. The molecule has 1 aromatic rings. The summed E-state index contributed by atoms with van der Waals surface area (Å²) in [5.41, 5.74) is 1.03. The molecule has 1 heterocycles. The summed E-state index contributed by atoms with van der Waals surface area (Å²) in [7, 11) is 0. The van der Waals surface area contributed by atoms with E-state index in [-0.39, 0.29) is 18.2 Å². The van der Waals surface area contributed by atoms with E-state index < -0.39 is 0 Å². The van der Waals surface area contributed by atoms with Crippen LogP contribution >= 0.6 is 12.4 Å². The van der Waals surface area contributed by atoms with Gasteiger partial charge in [0, 0.05) is 19.6 Å². The molecule has 2 nitrogen and oxygen atoms in total. The van der Waals surface area contributed by atoms with Gasteiger partial charge in [-0.3, -0.25) is 4.90 Å². The van der Waals surface area contributed by atoms with Crippen molar-refractivity contribution in [1.82, 2.24) is 4.90 Å². The molecule has 0 N–H and O–H groups in total. The molecule has 0 aliphatic carbocycles. The zero-order chi connectivity index (χ0) is 9.80. The molecule has 2 rings (SSSR count). The van der Waals surface area contributed by atoms with Crippen LogP contribution in [-0.4, -0.2) is 31.2 Å². The lowest BCUT2D eigenvalue weighted by Gasteiger charge is -2.26. The summed E-state index contributed by atoms with van der Waals surface area (Å²) in [5.74, 6) is -0.157. The number of benzene rings is 1. The summed E-state index contributed by atoms with van der Waals surface area (Å²) < 4.78 is 18.1. The minimum Gasteiger partial charge on any atom is -0.379 e. The maximum absolute atomic E-state index is 12.9. The summed E-state index contributed by atoms with van der Waals surface area (Å²) in [6.07, 6.45) is 0. The minimum atomic E-state index is -0.157. The molecule has 0 unspecified atom stereocenters. The van der Waals surface area contributed by atoms with E-state index in [4.69, 9.17) is 4.74 Å². The number of halogens is 2. The van der Waals surface area contributed by atoms with Crippen LogP contribution in [-0.2, 0) is 11.3 Å². The minimum absolute atomic E-state index is 0. The lowest BCUT2D eigenvalue weighted by atomic mass is 10.2. The zero-order valence-corrected chi connectivity index (χ0v) is 9.30. The predicted molar refractivity (Wildman–Crippen MR) is 59.7 cm³/mol. The summed E-state index contributed by atoms with van der Waals surface area (Å²) in [5, 5.41) is 0. The number of morpholine rings is 1. The van der Waals surface area contributed by atoms with Crippen LogP contribution in [0.15, 0.2) is 24.3 Å². The van der Waals surface area contributed by atoms with Gasteiger partial charge in [-0.1, -0.05) is 12.1 Å². The van der Waals surface area contributed by atoms with Crippen molar-refractivity contribution in [1.29, 1.82) is 0 Å². The molecule has 0 radical (unpaired) electrons. The average Bonchev–Trinajstić information content (AvgIpc) is 2.19. The highest BCUT2D eigenvalue weighted by molar-refractivity contribution is 5.85. The Hall–Kier alpha value is -0.640. The van der Waals surface area contributed by atoms with Gasteiger partial charge in [0.05, 0.1) is 13.2 Å². The topological polar surface area (TPSA) is 12.5 Å². The second kappa shape index (κ2) is 6.05. The SMILES string of the molecule is Cl.Fc1cccc(CN2CCOCC2)c1. The van der Waals surface area contributed by atoms with Crippen molar-refractivity contribution in [3.8, 4) is 0 Å². The molecule has 1 aliphatic rings. The van der Waals surface area contributed by atoms with E-state index in [2.05, 4.69) is 4.90 Å². The summed E-state index contributed by atoms with van der Waals surface area (Å²) in [6.45, 7) is 4.28. The van der Waals surface area contributed by atoms with Crippen LogP contribution in [0.1, 0.15) is 5.56 Å². The fourth-order valence-corrected chi connectivity index (χ4v) is 1.65. The third-order valence-corrected chi connectivity index (χ3v) is 2.40. The molecular formula is C11H15ClFNO. The van der Waals surface area contributed by atoms with Crippen LogP contribution in [0.25, 0.3) is 0 Å². The van der Waals surface area contributed by atoms with E-state index in [1.807, 2.05) is 6.07 Å². The van der Waals surface area contributed by atoms with E-state index in [9.17, 15) is 4.39 Å². The first-order valence-corrected chi connectivity index (χ1v) is 4.89. The highest BCUT2D eigenvalue weighted by Gasteiger charge is 2.10. The third-order valence-electron chi connectivity index (χ3n) is 2.40. The quantitative estimate of drug-likeness (QED) is 0.773. The summed E-state index contributed by atoms with van der Waals surface area (Å²) in [6, 6.07) is 6.78. The lowest BCUT2D eigenvalue weighted by molar-refractivity contribution is 0.0341. The molecule has 0 atom stereocenters. The van der Waals surface area contributed by atoms with Crippen LogP contribution in [0.4, 0.5) is 4.39 Å². The Morgan fingerprint density at radius 1 is 1.27 bits per heavy atom. The third kappa shape index (κ3) is 3.78. The van der Waals surface area contributed by atoms with Gasteiger partial charge in [-0.2, -0.15) is 0 Å². The predicted octanol–water partition coefficient (Wildman–Crippen LogP) is 2.08. The highest BCUT2D eigenvalue weighted by Crippen LogP contribution is 2.08. The van der Waals surface area contributed by atoms with Crippen molar-refractivity contribution < 1.29 is 9.13 Å². The van der Waals surface area contributed by atoms with E-state index in [0.29, 0.717) is 0 Å². The Balaban J connectivity index is 0.00000112. The Labute approximate surface area is 95.4 Å². The fourth-order valence-electron chi connectivity index (χ4n) is 1.65. The molecule has 1 aliphatic heterocycles. The van der Waals surface area contributed by atoms with Crippen molar-refractivity contribution >= 4 is 12.4 Å². The van der Waals surface area contributed by atoms with Crippen molar-refractivity contribution in [3.63, 3.8) is 0 Å². The zero-order valence-electron chi connectivity index (χ0n) is 8.49. The Bertz CT molecular complexity index is 302. The molecular weight excluding hydrogens is 217 g/mol. The van der Waals surface area contributed by atoms with Gasteiger partial charge in [-0.15, -0.1) is 12.4 Å². The van der Waals surface area contributed by atoms with Gasteiger partial charge in [0.15, 0.2) is 0 Å². The Morgan fingerprint density at radius 2 is 2.00 bits per heavy atom. The van der Waals surface area contributed by atoms with E-state index >= 15 is 0 Å². The molecule has 15 heavy (non-hydrogen) atoms. The first-order valence-electron chi connectivity index (χ1n) is 4.89. The van der Waals surface area contributed by atoms with Crippen molar-refractivity contribution in [3.05, 3.63) is 35.6 Å². The number of hydrogen-bond donors (Lipinski definition) is 0. The lowest BCUT2D eigenvalue weighted by Crippen LogP contribution is -2.35. The second-order valence-electron chi connectivity index (χ2n) is 3.52. The molecule has 0 amide bonds. The molecule has 0 saturated carbocycles. The van der Waals surface area contributed by atoms with Gasteiger partial charge >= 0.3 is 0 Å². The molecule has 0 aromatic heterocycles. The van der Waals surface area contributed by atoms with E-state index in [1.165, 1.54) is 6.07 Å². The first kappa shape index (κ1) is 12.4. The van der Waals surface area contributed by atoms with Crippen molar-refractivity contribution in [2.45, 2.75) is 6.54 Å². The van der Waals surface area contributed by atoms with Crippen molar-refractivity contribution in [2.75, 3.05) is 26.3 Å². The van der Waals surface area contributed by atoms with Gasteiger partial charge in [-0.05, 0) is 17.7 Å². The van der Waals surface area contributed by atoms with Gasteiger partial charge in [0.25, 0.3) is 0 Å². The Morgan fingerprint density at radius 3 is 2.67 bits per heavy atom. The van der Waals surface area contributed by atoms with Gasteiger partial charge in [0.2, 0.25) is 0 Å².